The first-order valence-electron chi connectivity index (χ1n) is 4.76. The maximum atomic E-state index is 11.3. The van der Waals surface area contributed by atoms with Gasteiger partial charge in [0.05, 0.1) is 6.04 Å². The summed E-state index contributed by atoms with van der Waals surface area (Å²) >= 11 is 0. The van der Waals surface area contributed by atoms with Gasteiger partial charge < -0.3 is 0 Å². The van der Waals surface area contributed by atoms with E-state index >= 15 is 0 Å². The molecule has 0 radical (unpaired) electrons. The molecule has 2 rings (SSSR count). The van der Waals surface area contributed by atoms with Crippen LogP contribution >= 0.6 is 0 Å². The maximum absolute atomic E-state index is 11.3. The lowest BCUT2D eigenvalue weighted by molar-refractivity contribution is -0.128. The summed E-state index contributed by atoms with van der Waals surface area (Å²) in [6, 6.07) is 8.40. The summed E-state index contributed by atoms with van der Waals surface area (Å²) in [5, 5.41) is 1.56. The number of nitrogens with one attached hydrogen (secondary N) is 1. The van der Waals surface area contributed by atoms with Crippen molar-refractivity contribution in [3.05, 3.63) is 35.4 Å². The fourth-order valence-corrected chi connectivity index (χ4v) is 1.74. The number of rotatable bonds is 1. The van der Waals surface area contributed by atoms with Crippen LogP contribution in [0.3, 0.4) is 0 Å². The third-order valence-electron chi connectivity index (χ3n) is 2.55. The molecule has 0 saturated carbocycles. The molecule has 74 valence electrons. The zero-order valence-electron chi connectivity index (χ0n) is 8.45. The van der Waals surface area contributed by atoms with Crippen molar-refractivity contribution >= 4 is 5.91 Å². The van der Waals surface area contributed by atoms with Crippen LogP contribution in [0.25, 0.3) is 0 Å². The van der Waals surface area contributed by atoms with Gasteiger partial charge in [0.1, 0.15) is 0 Å². The summed E-state index contributed by atoms with van der Waals surface area (Å²) in [5.41, 5.74) is 5.54. The smallest absolute Gasteiger partial charge is 0.238 e. The summed E-state index contributed by atoms with van der Waals surface area (Å²) in [6.45, 7) is 2.06. The van der Waals surface area contributed by atoms with Gasteiger partial charge in [-0.2, -0.15) is 0 Å². The van der Waals surface area contributed by atoms with Crippen molar-refractivity contribution in [2.45, 2.75) is 19.4 Å². The standard InChI is InChI=1S/C11H14N2O/c1-8-4-3-5-9(6-8)10-7-11(14)13(2)12-10/h3-6,10,12H,7H2,1-2H3. The number of amides is 1. The van der Waals surface area contributed by atoms with Crippen molar-refractivity contribution in [3.63, 3.8) is 0 Å². The summed E-state index contributed by atoms with van der Waals surface area (Å²) in [4.78, 5) is 11.3. The van der Waals surface area contributed by atoms with E-state index in [0.29, 0.717) is 6.42 Å². The highest BCUT2D eigenvalue weighted by molar-refractivity contribution is 5.78. The van der Waals surface area contributed by atoms with Crippen molar-refractivity contribution in [1.82, 2.24) is 10.4 Å². The number of carbonyl (C=O) groups is 1. The Balaban J connectivity index is 2.21. The van der Waals surface area contributed by atoms with Gasteiger partial charge in [0.2, 0.25) is 5.91 Å². The van der Waals surface area contributed by atoms with E-state index in [0.717, 1.165) is 0 Å². The molecule has 3 nitrogen and oxygen atoms in total. The number of hydrogen-bond acceptors (Lipinski definition) is 2. The molecule has 1 heterocycles. The SMILES string of the molecule is Cc1cccc(C2CC(=O)N(C)N2)c1. The Morgan fingerprint density at radius 2 is 2.29 bits per heavy atom. The Labute approximate surface area is 83.7 Å². The minimum Gasteiger partial charge on any atom is -0.281 e. The molecule has 1 aromatic carbocycles. The topological polar surface area (TPSA) is 32.3 Å². The van der Waals surface area contributed by atoms with Gasteiger partial charge in [-0.15, -0.1) is 0 Å². The molecule has 0 aliphatic carbocycles. The van der Waals surface area contributed by atoms with Gasteiger partial charge in [-0.1, -0.05) is 29.8 Å². The second-order valence-electron chi connectivity index (χ2n) is 3.75. The van der Waals surface area contributed by atoms with Crippen molar-refractivity contribution in [2.75, 3.05) is 7.05 Å². The van der Waals surface area contributed by atoms with Crippen LogP contribution in [0, 0.1) is 6.92 Å². The molecule has 0 spiro atoms. The molecule has 1 atom stereocenters. The van der Waals surface area contributed by atoms with Crippen LogP contribution in [0.5, 0.6) is 0 Å². The average Bonchev–Trinajstić information content (AvgIpc) is 2.47. The highest BCUT2D eigenvalue weighted by Gasteiger charge is 2.27. The number of benzene rings is 1. The van der Waals surface area contributed by atoms with Crippen LogP contribution in [0.4, 0.5) is 0 Å². The normalized spacial score (nSPS) is 21.7. The lowest BCUT2D eigenvalue weighted by atomic mass is 10.0. The monoisotopic (exact) mass is 190 g/mol. The molecule has 1 unspecified atom stereocenters. The van der Waals surface area contributed by atoms with Crippen LogP contribution in [0.1, 0.15) is 23.6 Å². The van der Waals surface area contributed by atoms with Crippen molar-refractivity contribution < 1.29 is 4.79 Å². The lowest BCUT2D eigenvalue weighted by Crippen LogP contribution is -2.30. The third kappa shape index (κ3) is 1.63. The van der Waals surface area contributed by atoms with Gasteiger partial charge in [-0.3, -0.25) is 9.80 Å². The van der Waals surface area contributed by atoms with Gasteiger partial charge in [0.25, 0.3) is 0 Å². The van der Waals surface area contributed by atoms with E-state index in [-0.39, 0.29) is 11.9 Å². The third-order valence-corrected chi connectivity index (χ3v) is 2.55. The zero-order chi connectivity index (χ0) is 10.1. The quantitative estimate of drug-likeness (QED) is 0.726. The fraction of sp³-hybridized carbons (Fsp3) is 0.364. The molecule has 1 fully saturated rings. The first kappa shape index (κ1) is 9.21. The van der Waals surface area contributed by atoms with Crippen LogP contribution in [-0.4, -0.2) is 18.0 Å². The molecule has 1 saturated heterocycles. The molecular weight excluding hydrogens is 176 g/mol. The number of hydrogen-bond donors (Lipinski definition) is 1. The van der Waals surface area contributed by atoms with E-state index in [2.05, 4.69) is 30.5 Å². The van der Waals surface area contributed by atoms with Crippen LogP contribution in [0.2, 0.25) is 0 Å². The van der Waals surface area contributed by atoms with E-state index in [4.69, 9.17) is 0 Å². The van der Waals surface area contributed by atoms with E-state index in [1.165, 1.54) is 11.1 Å². The van der Waals surface area contributed by atoms with E-state index in [1.807, 2.05) is 6.07 Å². The predicted molar refractivity (Wildman–Crippen MR) is 54.4 cm³/mol. The Morgan fingerprint density at radius 1 is 1.50 bits per heavy atom. The van der Waals surface area contributed by atoms with Gasteiger partial charge in [0.15, 0.2) is 0 Å². The van der Waals surface area contributed by atoms with Crippen LogP contribution < -0.4 is 5.43 Å². The van der Waals surface area contributed by atoms with Crippen molar-refractivity contribution in [2.24, 2.45) is 0 Å². The molecule has 3 heteroatoms. The minimum atomic E-state index is 0.146. The second-order valence-corrected chi connectivity index (χ2v) is 3.75. The number of aryl methyl sites for hydroxylation is 1. The molecule has 0 bridgehead atoms. The predicted octanol–water partition coefficient (Wildman–Crippen LogP) is 1.40. The maximum Gasteiger partial charge on any atom is 0.238 e. The van der Waals surface area contributed by atoms with E-state index < -0.39 is 0 Å². The largest absolute Gasteiger partial charge is 0.281 e. The molecule has 1 aliphatic rings. The molecule has 1 aliphatic heterocycles. The second kappa shape index (κ2) is 3.42. The molecule has 14 heavy (non-hydrogen) atoms. The summed E-state index contributed by atoms with van der Waals surface area (Å²) in [7, 11) is 1.76. The van der Waals surface area contributed by atoms with Gasteiger partial charge in [-0.25, -0.2) is 5.43 Å². The van der Waals surface area contributed by atoms with Crippen LogP contribution in [0.15, 0.2) is 24.3 Å². The van der Waals surface area contributed by atoms with Gasteiger partial charge in [-0.05, 0) is 12.5 Å². The number of nitrogens with zero attached hydrogens (tertiary/aromatic N) is 1. The molecular formula is C11H14N2O. The minimum absolute atomic E-state index is 0.146. The zero-order valence-corrected chi connectivity index (χ0v) is 8.45. The van der Waals surface area contributed by atoms with Crippen LogP contribution in [-0.2, 0) is 4.79 Å². The summed E-state index contributed by atoms with van der Waals surface area (Å²) < 4.78 is 0. The van der Waals surface area contributed by atoms with Crippen molar-refractivity contribution in [3.8, 4) is 0 Å². The van der Waals surface area contributed by atoms with Crippen molar-refractivity contribution in [1.29, 1.82) is 0 Å². The van der Waals surface area contributed by atoms with Gasteiger partial charge >= 0.3 is 0 Å². The summed E-state index contributed by atoms with van der Waals surface area (Å²) in [6.07, 6.45) is 0.556. The Bertz CT molecular complexity index is 362. The first-order chi connectivity index (χ1) is 6.66. The average molecular weight is 190 g/mol. The van der Waals surface area contributed by atoms with E-state index in [1.54, 1.807) is 12.1 Å². The first-order valence-corrected chi connectivity index (χ1v) is 4.76. The van der Waals surface area contributed by atoms with E-state index in [9.17, 15) is 4.79 Å². The Morgan fingerprint density at radius 3 is 2.86 bits per heavy atom. The fourth-order valence-electron chi connectivity index (χ4n) is 1.74. The summed E-state index contributed by atoms with van der Waals surface area (Å²) in [5.74, 6) is 0.150. The molecule has 1 aromatic rings. The lowest BCUT2D eigenvalue weighted by Gasteiger charge is -2.13. The molecule has 0 aromatic heterocycles. The number of hydrazine groups is 1. The van der Waals surface area contributed by atoms with Gasteiger partial charge in [0, 0.05) is 13.5 Å². The molecule has 1 N–H and O–H groups in total. The molecule has 1 amide bonds. The number of carbonyl (C=O) groups excluding carboxylic acids is 1. The Hall–Kier alpha value is -1.35. The Kier molecular flexibility index (Phi) is 2.25. The highest BCUT2D eigenvalue weighted by atomic mass is 16.2. The highest BCUT2D eigenvalue weighted by Crippen LogP contribution is 2.23.